The summed E-state index contributed by atoms with van der Waals surface area (Å²) in [5.41, 5.74) is 1.95. The number of hydrogen-bond acceptors (Lipinski definition) is 4. The van der Waals surface area contributed by atoms with E-state index in [1.54, 1.807) is 18.2 Å². The van der Waals surface area contributed by atoms with Gasteiger partial charge in [-0.25, -0.2) is 8.42 Å². The maximum atomic E-state index is 12.4. The molecule has 1 saturated carbocycles. The number of rotatable bonds is 4. The fourth-order valence-electron chi connectivity index (χ4n) is 3.55. The number of sulfonamides is 1. The minimum Gasteiger partial charge on any atom is -0.481 e. The molecule has 0 aromatic heterocycles. The van der Waals surface area contributed by atoms with E-state index >= 15 is 0 Å². The highest BCUT2D eigenvalue weighted by atomic mass is 32.2. The summed E-state index contributed by atoms with van der Waals surface area (Å²) in [6.07, 6.45) is 2.01. The molecule has 2 aliphatic rings. The number of carbonyl (C=O) groups is 2. The van der Waals surface area contributed by atoms with Crippen LogP contribution in [0.3, 0.4) is 0 Å². The average molecular weight is 366 g/mol. The number of carbonyl (C=O) groups excluding carboxylic acids is 1. The Hall–Kier alpha value is -2.09. The molecule has 2 N–H and O–H groups in total. The lowest BCUT2D eigenvalue weighted by molar-refractivity contribution is -0.141. The lowest BCUT2D eigenvalue weighted by Gasteiger charge is -2.20. The van der Waals surface area contributed by atoms with Crippen LogP contribution in [0.1, 0.15) is 31.2 Å². The molecule has 3 rings (SSSR count). The molecule has 2 fully saturated rings. The monoisotopic (exact) mass is 366 g/mol. The number of nitrogens with one attached hydrogen (secondary N) is 1. The Balaban J connectivity index is 1.75. The SMILES string of the molecule is Cc1ccc(NC(=O)[C@@H]2CC[C@H](C(=O)O)C2)cc1N1CCCS1(=O)=O. The van der Waals surface area contributed by atoms with Crippen LogP contribution >= 0.6 is 0 Å². The highest BCUT2D eigenvalue weighted by Crippen LogP contribution is 2.33. The van der Waals surface area contributed by atoms with Gasteiger partial charge in [0.25, 0.3) is 0 Å². The van der Waals surface area contributed by atoms with Crippen molar-refractivity contribution < 1.29 is 23.1 Å². The van der Waals surface area contributed by atoms with Crippen LogP contribution < -0.4 is 9.62 Å². The molecule has 8 heteroatoms. The lowest BCUT2D eigenvalue weighted by Crippen LogP contribution is -2.26. The van der Waals surface area contributed by atoms with Crippen LogP contribution in [0.5, 0.6) is 0 Å². The van der Waals surface area contributed by atoms with Crippen LogP contribution in [0.4, 0.5) is 11.4 Å². The van der Waals surface area contributed by atoms with Gasteiger partial charge in [0.1, 0.15) is 0 Å². The van der Waals surface area contributed by atoms with E-state index in [0.717, 1.165) is 5.56 Å². The first kappa shape index (κ1) is 17.7. The smallest absolute Gasteiger partial charge is 0.306 e. The van der Waals surface area contributed by atoms with Crippen molar-refractivity contribution in [1.82, 2.24) is 0 Å². The number of carboxylic acids is 1. The second kappa shape index (κ2) is 6.67. The van der Waals surface area contributed by atoms with Crippen molar-refractivity contribution in [2.45, 2.75) is 32.6 Å². The second-order valence-corrected chi connectivity index (χ2v) is 8.79. The van der Waals surface area contributed by atoms with Crippen molar-refractivity contribution in [3.8, 4) is 0 Å². The first-order valence-electron chi connectivity index (χ1n) is 8.42. The first-order valence-corrected chi connectivity index (χ1v) is 10.0. The van der Waals surface area contributed by atoms with Crippen molar-refractivity contribution in [3.05, 3.63) is 23.8 Å². The number of nitrogens with zero attached hydrogens (tertiary/aromatic N) is 1. The van der Waals surface area contributed by atoms with E-state index in [1.165, 1.54) is 4.31 Å². The van der Waals surface area contributed by atoms with Crippen molar-refractivity contribution >= 4 is 33.3 Å². The van der Waals surface area contributed by atoms with Crippen LogP contribution in [0.25, 0.3) is 0 Å². The molecule has 1 aliphatic heterocycles. The summed E-state index contributed by atoms with van der Waals surface area (Å²) < 4.78 is 25.7. The standard InChI is InChI=1S/C17H22N2O5S/c1-11-3-6-14(10-15(11)19-7-2-8-25(19,23)24)18-16(20)12-4-5-13(9-12)17(21)22/h3,6,10,12-13H,2,4-5,7-9H2,1H3,(H,18,20)(H,21,22)/t12-,13+/m1/s1. The molecular formula is C17H22N2O5S. The predicted molar refractivity (Wildman–Crippen MR) is 94.0 cm³/mol. The molecule has 1 heterocycles. The van der Waals surface area contributed by atoms with Gasteiger partial charge in [0.05, 0.1) is 17.4 Å². The Bertz CT molecular complexity index is 805. The number of aliphatic carboxylic acids is 1. The molecule has 0 unspecified atom stereocenters. The van der Waals surface area contributed by atoms with E-state index in [2.05, 4.69) is 5.32 Å². The highest BCUT2D eigenvalue weighted by Gasteiger charge is 2.34. The minimum atomic E-state index is -3.28. The zero-order valence-corrected chi connectivity index (χ0v) is 14.9. The minimum absolute atomic E-state index is 0.141. The number of amides is 1. The van der Waals surface area contributed by atoms with Crippen LogP contribution in [-0.4, -0.2) is 37.7 Å². The molecule has 7 nitrogen and oxygen atoms in total. The maximum Gasteiger partial charge on any atom is 0.306 e. The summed E-state index contributed by atoms with van der Waals surface area (Å²) in [4.78, 5) is 23.4. The van der Waals surface area contributed by atoms with Gasteiger partial charge in [-0.05, 0) is 50.3 Å². The Morgan fingerprint density at radius 3 is 2.56 bits per heavy atom. The van der Waals surface area contributed by atoms with Gasteiger partial charge in [0.15, 0.2) is 0 Å². The number of carboxylic acid groups (broad SMARTS) is 1. The van der Waals surface area contributed by atoms with E-state index in [1.807, 2.05) is 6.92 Å². The predicted octanol–water partition coefficient (Wildman–Crippen LogP) is 1.97. The van der Waals surface area contributed by atoms with Crippen molar-refractivity contribution in [1.29, 1.82) is 0 Å². The number of hydrogen-bond donors (Lipinski definition) is 2. The molecule has 1 aromatic rings. The fourth-order valence-corrected chi connectivity index (χ4v) is 5.17. The normalized spacial score (nSPS) is 25.1. The van der Waals surface area contributed by atoms with Crippen molar-refractivity contribution in [2.75, 3.05) is 21.9 Å². The van der Waals surface area contributed by atoms with E-state index < -0.39 is 21.9 Å². The molecule has 1 amide bonds. The second-order valence-electron chi connectivity index (χ2n) is 6.78. The van der Waals surface area contributed by atoms with E-state index in [9.17, 15) is 18.0 Å². The first-order chi connectivity index (χ1) is 11.8. The summed E-state index contributed by atoms with van der Waals surface area (Å²) in [5, 5.41) is 11.9. The molecule has 1 aromatic carbocycles. The topological polar surface area (TPSA) is 104 Å². The van der Waals surface area contributed by atoms with Crippen LogP contribution in [-0.2, 0) is 19.6 Å². The van der Waals surface area contributed by atoms with Gasteiger partial charge in [-0.3, -0.25) is 13.9 Å². The maximum absolute atomic E-state index is 12.4. The molecule has 0 radical (unpaired) electrons. The van der Waals surface area contributed by atoms with Crippen molar-refractivity contribution in [3.63, 3.8) is 0 Å². The third kappa shape index (κ3) is 3.63. The molecule has 136 valence electrons. The molecular weight excluding hydrogens is 344 g/mol. The molecule has 2 atom stereocenters. The highest BCUT2D eigenvalue weighted by molar-refractivity contribution is 7.93. The zero-order valence-electron chi connectivity index (χ0n) is 14.1. The largest absolute Gasteiger partial charge is 0.481 e. The lowest BCUT2D eigenvalue weighted by atomic mass is 10.0. The molecule has 0 spiro atoms. The molecule has 1 saturated heterocycles. The number of benzene rings is 1. The Kier molecular flexibility index (Phi) is 4.73. The van der Waals surface area contributed by atoms with Gasteiger partial charge in [-0.2, -0.15) is 0 Å². The Labute approximate surface area is 147 Å². The number of anilines is 2. The summed E-state index contributed by atoms with van der Waals surface area (Å²) in [7, 11) is -3.28. The average Bonchev–Trinajstić information content (AvgIpc) is 3.16. The van der Waals surface area contributed by atoms with Crippen molar-refractivity contribution in [2.24, 2.45) is 11.8 Å². The molecule has 0 bridgehead atoms. The summed E-state index contributed by atoms with van der Waals surface area (Å²) in [6.45, 7) is 2.28. The molecule has 25 heavy (non-hydrogen) atoms. The van der Waals surface area contributed by atoms with Gasteiger partial charge in [-0.15, -0.1) is 0 Å². The summed E-state index contributed by atoms with van der Waals surface area (Å²) >= 11 is 0. The third-order valence-corrected chi connectivity index (χ3v) is 6.85. The van der Waals surface area contributed by atoms with E-state index in [0.29, 0.717) is 43.6 Å². The molecule has 1 aliphatic carbocycles. The van der Waals surface area contributed by atoms with Gasteiger partial charge in [0, 0.05) is 18.2 Å². The van der Waals surface area contributed by atoms with Gasteiger partial charge < -0.3 is 10.4 Å². The van der Waals surface area contributed by atoms with Crippen LogP contribution in [0.15, 0.2) is 18.2 Å². The van der Waals surface area contributed by atoms with E-state index in [4.69, 9.17) is 5.11 Å². The summed E-state index contributed by atoms with van der Waals surface area (Å²) in [5.74, 6) is -1.70. The van der Waals surface area contributed by atoms with E-state index in [-0.39, 0.29) is 17.6 Å². The van der Waals surface area contributed by atoms with Crippen LogP contribution in [0, 0.1) is 18.8 Å². The number of aryl methyl sites for hydroxylation is 1. The quantitative estimate of drug-likeness (QED) is 0.848. The third-order valence-electron chi connectivity index (χ3n) is 5.00. The Morgan fingerprint density at radius 2 is 1.96 bits per heavy atom. The van der Waals surface area contributed by atoms with Crippen LogP contribution in [0.2, 0.25) is 0 Å². The fraction of sp³-hybridized carbons (Fsp3) is 0.529. The zero-order chi connectivity index (χ0) is 18.2. The Morgan fingerprint density at radius 1 is 1.24 bits per heavy atom. The van der Waals surface area contributed by atoms with Gasteiger partial charge in [0.2, 0.25) is 15.9 Å². The van der Waals surface area contributed by atoms with Gasteiger partial charge in [-0.1, -0.05) is 6.07 Å². The summed E-state index contributed by atoms with van der Waals surface area (Å²) in [6, 6.07) is 5.20. The van der Waals surface area contributed by atoms with Gasteiger partial charge >= 0.3 is 5.97 Å².